The van der Waals surface area contributed by atoms with Crippen molar-refractivity contribution in [2.45, 2.75) is 85.0 Å². The van der Waals surface area contributed by atoms with Crippen LogP contribution in [0.3, 0.4) is 0 Å². The number of hydrogen-bond donors (Lipinski definition) is 2. The Morgan fingerprint density at radius 3 is 2.00 bits per heavy atom. The predicted molar refractivity (Wildman–Crippen MR) is 151 cm³/mol. The van der Waals surface area contributed by atoms with Gasteiger partial charge in [-0.3, -0.25) is 0 Å². The average molecular weight is 481 g/mol. The fourth-order valence-electron chi connectivity index (χ4n) is 3.85. The van der Waals surface area contributed by atoms with E-state index in [1.165, 1.54) is 78.6 Å². The van der Waals surface area contributed by atoms with Gasteiger partial charge in [0.05, 0.1) is 20.8 Å². The van der Waals surface area contributed by atoms with E-state index < -0.39 is 0 Å². The van der Waals surface area contributed by atoms with Gasteiger partial charge in [-0.25, -0.2) is 0 Å². The summed E-state index contributed by atoms with van der Waals surface area (Å²) in [5.74, 6) is 14.9. The standard InChI is InChI=1S/C29H40N2S2/c1-5-8-11-14-17-24(4)20-30-26-22-32-29-27(23-33-28(26)29)31-21-25(18-15-12-9-6-2)19-16-13-10-7-3/h2,22-25,30-31H,5,7-8,10-11,13-14,16-17,19-21H2,1,3-4H3. The molecule has 33 heavy (non-hydrogen) atoms. The number of hydrogen-bond acceptors (Lipinski definition) is 4. The molecule has 0 amide bonds. The molecule has 0 saturated carbocycles. The zero-order valence-electron chi connectivity index (χ0n) is 20.7. The van der Waals surface area contributed by atoms with E-state index in [0.29, 0.717) is 5.92 Å². The summed E-state index contributed by atoms with van der Waals surface area (Å²) in [6.45, 7) is 8.77. The van der Waals surface area contributed by atoms with Gasteiger partial charge in [-0.2, -0.15) is 0 Å². The lowest BCUT2D eigenvalue weighted by Crippen LogP contribution is -2.12. The SMILES string of the molecule is C#CC#CC#CC(CCCCCC)CNc1csc2c(NCC(C)CCCCCC)csc12. The Balaban J connectivity index is 1.91. The van der Waals surface area contributed by atoms with Crippen LogP contribution >= 0.6 is 22.7 Å². The van der Waals surface area contributed by atoms with Gasteiger partial charge in [0.15, 0.2) is 0 Å². The van der Waals surface area contributed by atoms with E-state index in [-0.39, 0.29) is 5.92 Å². The zero-order chi connectivity index (χ0) is 23.7. The maximum Gasteiger partial charge on any atom is 0.0704 e. The molecule has 2 rings (SSSR count). The second-order valence-electron chi connectivity index (χ2n) is 8.88. The first-order chi connectivity index (χ1) is 16.2. The van der Waals surface area contributed by atoms with Gasteiger partial charge in [0.1, 0.15) is 0 Å². The lowest BCUT2D eigenvalue weighted by Gasteiger charge is -2.12. The Hall–Kier alpha value is -2.06. The molecule has 2 unspecified atom stereocenters. The lowest BCUT2D eigenvalue weighted by molar-refractivity contribution is 0.508. The molecular formula is C29H40N2S2. The van der Waals surface area contributed by atoms with E-state index in [4.69, 9.17) is 6.42 Å². The van der Waals surface area contributed by atoms with E-state index in [1.54, 1.807) is 0 Å². The molecule has 4 heteroatoms. The van der Waals surface area contributed by atoms with E-state index in [9.17, 15) is 0 Å². The highest BCUT2D eigenvalue weighted by molar-refractivity contribution is 7.28. The van der Waals surface area contributed by atoms with Gasteiger partial charge in [-0.05, 0) is 42.4 Å². The number of unbranched alkanes of at least 4 members (excludes halogenated alkanes) is 6. The number of rotatable bonds is 16. The first kappa shape index (κ1) is 27.2. The highest BCUT2D eigenvalue weighted by atomic mass is 32.1. The normalized spacial score (nSPS) is 12.2. The summed E-state index contributed by atoms with van der Waals surface area (Å²) in [6, 6.07) is 0. The molecule has 0 aliphatic rings. The summed E-state index contributed by atoms with van der Waals surface area (Å²) < 4.78 is 2.72. The van der Waals surface area contributed by atoms with Gasteiger partial charge >= 0.3 is 0 Å². The van der Waals surface area contributed by atoms with Gasteiger partial charge in [0.2, 0.25) is 0 Å². The van der Waals surface area contributed by atoms with Crippen molar-refractivity contribution in [1.82, 2.24) is 0 Å². The Kier molecular flexibility index (Phi) is 13.6. The Morgan fingerprint density at radius 2 is 1.39 bits per heavy atom. The predicted octanol–water partition coefficient (Wildman–Crippen LogP) is 8.62. The van der Waals surface area contributed by atoms with Crippen LogP contribution in [0.15, 0.2) is 10.8 Å². The average Bonchev–Trinajstić information content (AvgIpc) is 3.41. The molecule has 178 valence electrons. The van der Waals surface area contributed by atoms with Crippen molar-refractivity contribution in [2.75, 3.05) is 23.7 Å². The third-order valence-electron chi connectivity index (χ3n) is 5.89. The van der Waals surface area contributed by atoms with Gasteiger partial charge < -0.3 is 10.6 Å². The maximum absolute atomic E-state index is 5.20. The van der Waals surface area contributed by atoms with Gasteiger partial charge in [-0.1, -0.05) is 78.1 Å². The van der Waals surface area contributed by atoms with Crippen LogP contribution in [0, 0.1) is 47.9 Å². The molecule has 0 saturated heterocycles. The van der Waals surface area contributed by atoms with Crippen LogP contribution < -0.4 is 10.6 Å². The first-order valence-electron chi connectivity index (χ1n) is 12.6. The van der Waals surface area contributed by atoms with Crippen molar-refractivity contribution in [2.24, 2.45) is 11.8 Å². The summed E-state index contributed by atoms with van der Waals surface area (Å²) in [5, 5.41) is 11.9. The van der Waals surface area contributed by atoms with Crippen LogP contribution in [-0.2, 0) is 0 Å². The summed E-state index contributed by atoms with van der Waals surface area (Å²) in [6.07, 6.45) is 18.0. The van der Waals surface area contributed by atoms with Crippen molar-refractivity contribution >= 4 is 43.4 Å². The Labute approximate surface area is 210 Å². The third kappa shape index (κ3) is 10.2. The highest BCUT2D eigenvalue weighted by Gasteiger charge is 2.13. The van der Waals surface area contributed by atoms with E-state index in [1.807, 2.05) is 22.7 Å². The highest BCUT2D eigenvalue weighted by Crippen LogP contribution is 2.41. The van der Waals surface area contributed by atoms with Crippen LogP contribution in [0.4, 0.5) is 11.4 Å². The topological polar surface area (TPSA) is 24.1 Å². The van der Waals surface area contributed by atoms with Crippen molar-refractivity contribution in [1.29, 1.82) is 0 Å². The Bertz CT molecular complexity index is 971. The van der Waals surface area contributed by atoms with Gasteiger partial charge in [0.25, 0.3) is 0 Å². The minimum absolute atomic E-state index is 0.287. The van der Waals surface area contributed by atoms with Crippen molar-refractivity contribution in [3.8, 4) is 36.0 Å². The molecule has 0 fully saturated rings. The minimum atomic E-state index is 0.287. The second-order valence-corrected chi connectivity index (χ2v) is 10.6. The monoisotopic (exact) mass is 480 g/mol. The van der Waals surface area contributed by atoms with Crippen molar-refractivity contribution in [3.63, 3.8) is 0 Å². The van der Waals surface area contributed by atoms with E-state index >= 15 is 0 Å². The largest absolute Gasteiger partial charge is 0.383 e. The zero-order valence-corrected chi connectivity index (χ0v) is 22.3. The number of terminal acetylenes is 1. The van der Waals surface area contributed by atoms with E-state index in [0.717, 1.165) is 19.5 Å². The maximum atomic E-state index is 5.20. The summed E-state index contributed by atoms with van der Waals surface area (Å²) in [4.78, 5) is 0. The van der Waals surface area contributed by atoms with Crippen molar-refractivity contribution in [3.05, 3.63) is 10.8 Å². The molecule has 0 bridgehead atoms. The smallest absolute Gasteiger partial charge is 0.0704 e. The van der Waals surface area contributed by atoms with E-state index in [2.05, 4.69) is 71.8 Å². The van der Waals surface area contributed by atoms with Crippen molar-refractivity contribution < 1.29 is 0 Å². The molecule has 0 spiro atoms. The molecule has 2 N–H and O–H groups in total. The molecular weight excluding hydrogens is 440 g/mol. The quantitative estimate of drug-likeness (QED) is 0.186. The molecule has 2 nitrogen and oxygen atoms in total. The van der Waals surface area contributed by atoms with Crippen LogP contribution in [0.25, 0.3) is 9.40 Å². The second kappa shape index (κ2) is 16.5. The molecule has 0 radical (unpaired) electrons. The molecule has 0 aliphatic carbocycles. The molecule has 0 aliphatic heterocycles. The van der Waals surface area contributed by atoms with Crippen LogP contribution in [0.1, 0.15) is 85.0 Å². The molecule has 2 heterocycles. The number of fused-ring (bicyclic) bond motifs is 1. The third-order valence-corrected chi connectivity index (χ3v) is 8.05. The van der Waals surface area contributed by atoms with Crippen LogP contribution in [-0.4, -0.2) is 13.1 Å². The molecule has 2 aromatic heterocycles. The number of anilines is 2. The number of thiophene rings is 2. The van der Waals surface area contributed by atoms with Crippen LogP contribution in [0.5, 0.6) is 0 Å². The Morgan fingerprint density at radius 1 is 0.788 bits per heavy atom. The summed E-state index contributed by atoms with van der Waals surface area (Å²) >= 11 is 3.66. The molecule has 2 aromatic rings. The molecule has 2 atom stereocenters. The van der Waals surface area contributed by atoms with Gasteiger partial charge in [-0.15, -0.1) is 29.1 Å². The molecule has 0 aromatic carbocycles. The lowest BCUT2D eigenvalue weighted by atomic mass is 10.0. The summed E-state index contributed by atoms with van der Waals surface area (Å²) in [7, 11) is 0. The number of nitrogens with one attached hydrogen (secondary N) is 2. The first-order valence-corrected chi connectivity index (χ1v) is 14.4. The summed E-state index contributed by atoms with van der Waals surface area (Å²) in [5.41, 5.74) is 2.52. The van der Waals surface area contributed by atoms with Crippen LogP contribution in [0.2, 0.25) is 0 Å². The fraction of sp³-hybridized carbons (Fsp3) is 0.586. The minimum Gasteiger partial charge on any atom is -0.383 e. The van der Waals surface area contributed by atoms with Gasteiger partial charge in [0, 0.05) is 29.8 Å². The fourth-order valence-corrected chi connectivity index (χ4v) is 6.11.